The smallest absolute Gasteiger partial charge is 0.0925 e. The predicted octanol–water partition coefficient (Wildman–Crippen LogP) is 4.16. The molecule has 2 aromatic carbocycles. The largest absolute Gasteiger partial charge is 0.378 e. The van der Waals surface area contributed by atoms with Gasteiger partial charge in [-0.05, 0) is 37.7 Å². The minimum atomic E-state index is 0.493. The van der Waals surface area contributed by atoms with E-state index < -0.39 is 0 Å². The van der Waals surface area contributed by atoms with E-state index in [2.05, 4.69) is 50.3 Å². The Morgan fingerprint density at radius 1 is 1.13 bits per heavy atom. The van der Waals surface area contributed by atoms with E-state index in [9.17, 15) is 0 Å². The van der Waals surface area contributed by atoms with E-state index in [4.69, 9.17) is 5.41 Å². The fourth-order valence-corrected chi connectivity index (χ4v) is 3.75. The van der Waals surface area contributed by atoms with Gasteiger partial charge >= 0.3 is 0 Å². The van der Waals surface area contributed by atoms with Crippen LogP contribution in [0.1, 0.15) is 22.5 Å². The number of aryl methyl sites for hydroxylation is 1. The summed E-state index contributed by atoms with van der Waals surface area (Å²) in [7, 11) is 2.17. The molecule has 0 atom stereocenters. The molecule has 3 N–H and O–H groups in total. The Morgan fingerprint density at radius 3 is 2.61 bits per heavy atom. The van der Waals surface area contributed by atoms with Crippen LogP contribution < -0.4 is 10.2 Å². The topological polar surface area (TPSA) is 71.0 Å². The van der Waals surface area contributed by atoms with Gasteiger partial charge in [0.25, 0.3) is 0 Å². The first-order valence-corrected chi connectivity index (χ1v) is 10.7. The highest BCUT2D eigenvalue weighted by atomic mass is 15.3. The average Bonchev–Trinajstić information content (AvgIpc) is 3.22. The van der Waals surface area contributed by atoms with Crippen LogP contribution in [-0.2, 0) is 6.54 Å². The Labute approximate surface area is 184 Å². The maximum atomic E-state index is 8.57. The molecule has 2 heterocycles. The molecule has 0 amide bonds. The Kier molecular flexibility index (Phi) is 6.48. The highest BCUT2D eigenvalue weighted by Crippen LogP contribution is 2.29. The molecule has 4 rings (SSSR count). The number of benzene rings is 2. The molecule has 0 aliphatic carbocycles. The number of aromatic nitrogens is 2. The summed E-state index contributed by atoms with van der Waals surface area (Å²) in [6.07, 6.45) is 5.58. The molecule has 0 bridgehead atoms. The summed E-state index contributed by atoms with van der Waals surface area (Å²) in [4.78, 5) is 12.3. The molecule has 3 aromatic rings. The number of likely N-dealkylation sites (N-methyl/N-ethyl adjacent to an activating group) is 1. The van der Waals surface area contributed by atoms with Crippen LogP contribution in [0.3, 0.4) is 0 Å². The number of aromatic amines is 1. The van der Waals surface area contributed by atoms with Crippen LogP contribution in [-0.4, -0.2) is 53.8 Å². The molecule has 1 aromatic heterocycles. The second-order valence-electron chi connectivity index (χ2n) is 8.01. The number of nitrogens with zero attached hydrogens (tertiary/aromatic N) is 3. The maximum Gasteiger partial charge on any atom is 0.0925 e. The number of allylic oxidation sites excluding steroid dienone is 1. The van der Waals surface area contributed by atoms with Crippen LogP contribution in [0.5, 0.6) is 0 Å². The Balaban J connectivity index is 1.57. The Bertz CT molecular complexity index is 1040. The van der Waals surface area contributed by atoms with Crippen molar-refractivity contribution in [1.29, 1.82) is 5.41 Å². The monoisotopic (exact) mass is 414 g/mol. The molecular formula is C25H30N6. The first-order chi connectivity index (χ1) is 15.1. The van der Waals surface area contributed by atoms with Gasteiger partial charge in [0.05, 0.1) is 35.7 Å². The second-order valence-corrected chi connectivity index (χ2v) is 8.01. The average molecular weight is 415 g/mol. The van der Waals surface area contributed by atoms with E-state index in [0.717, 1.165) is 54.4 Å². The molecule has 0 saturated carbocycles. The predicted molar refractivity (Wildman–Crippen MR) is 129 cm³/mol. The summed E-state index contributed by atoms with van der Waals surface area (Å²) in [5.41, 5.74) is 6.79. The van der Waals surface area contributed by atoms with Crippen molar-refractivity contribution in [1.82, 2.24) is 14.9 Å². The molecule has 0 spiro atoms. The first kappa shape index (κ1) is 20.9. The lowest BCUT2D eigenvalue weighted by Gasteiger charge is -2.35. The van der Waals surface area contributed by atoms with Gasteiger partial charge in [0.2, 0.25) is 0 Å². The van der Waals surface area contributed by atoms with E-state index in [1.807, 2.05) is 49.4 Å². The van der Waals surface area contributed by atoms with Crippen molar-refractivity contribution < 1.29 is 0 Å². The fourth-order valence-electron chi connectivity index (χ4n) is 3.75. The third kappa shape index (κ3) is 5.22. The summed E-state index contributed by atoms with van der Waals surface area (Å²) in [5, 5.41) is 12.1. The molecular weight excluding hydrogens is 384 g/mol. The van der Waals surface area contributed by atoms with Gasteiger partial charge in [-0.15, -0.1) is 0 Å². The van der Waals surface area contributed by atoms with Crippen LogP contribution in [0.15, 0.2) is 60.9 Å². The van der Waals surface area contributed by atoms with E-state index in [1.54, 1.807) is 6.33 Å². The minimum Gasteiger partial charge on any atom is -0.378 e. The second kappa shape index (κ2) is 9.62. The van der Waals surface area contributed by atoms with Crippen LogP contribution >= 0.6 is 0 Å². The zero-order valence-corrected chi connectivity index (χ0v) is 18.2. The number of piperazine rings is 1. The van der Waals surface area contributed by atoms with Crippen molar-refractivity contribution in [3.05, 3.63) is 83.4 Å². The van der Waals surface area contributed by atoms with E-state index in [-0.39, 0.29) is 0 Å². The lowest BCUT2D eigenvalue weighted by Crippen LogP contribution is -2.44. The van der Waals surface area contributed by atoms with Crippen molar-refractivity contribution in [2.45, 2.75) is 13.5 Å². The van der Waals surface area contributed by atoms with Gasteiger partial charge in [-0.3, -0.25) is 0 Å². The van der Waals surface area contributed by atoms with Gasteiger partial charge in [-0.1, -0.05) is 42.5 Å². The van der Waals surface area contributed by atoms with Gasteiger partial charge in [-0.2, -0.15) is 0 Å². The quantitative estimate of drug-likeness (QED) is 0.508. The number of imidazole rings is 1. The van der Waals surface area contributed by atoms with E-state index in [1.165, 1.54) is 5.69 Å². The fraction of sp³-hybridized carbons (Fsp3) is 0.280. The van der Waals surface area contributed by atoms with Gasteiger partial charge < -0.3 is 25.5 Å². The number of rotatable bonds is 7. The molecule has 1 fully saturated rings. The molecule has 1 aliphatic rings. The highest BCUT2D eigenvalue weighted by Gasteiger charge is 2.18. The molecule has 6 heteroatoms. The summed E-state index contributed by atoms with van der Waals surface area (Å²) >= 11 is 0. The third-order valence-electron chi connectivity index (χ3n) is 5.77. The first-order valence-electron chi connectivity index (χ1n) is 10.7. The van der Waals surface area contributed by atoms with Gasteiger partial charge in [0.15, 0.2) is 0 Å². The molecule has 1 aliphatic heterocycles. The minimum absolute atomic E-state index is 0.493. The zero-order chi connectivity index (χ0) is 21.6. The Morgan fingerprint density at radius 2 is 1.90 bits per heavy atom. The van der Waals surface area contributed by atoms with Crippen molar-refractivity contribution in [3.8, 4) is 0 Å². The molecule has 0 unspecified atom stereocenters. The number of hydrogen-bond acceptors (Lipinski definition) is 5. The van der Waals surface area contributed by atoms with E-state index in [0.29, 0.717) is 12.3 Å². The summed E-state index contributed by atoms with van der Waals surface area (Å²) in [5.74, 6) is 0. The lowest BCUT2D eigenvalue weighted by molar-refractivity contribution is 0.313. The van der Waals surface area contributed by atoms with Crippen LogP contribution in [0, 0.1) is 12.3 Å². The van der Waals surface area contributed by atoms with Gasteiger partial charge in [0.1, 0.15) is 0 Å². The van der Waals surface area contributed by atoms with Crippen molar-refractivity contribution in [2.24, 2.45) is 0 Å². The number of H-pyrrole nitrogens is 1. The summed E-state index contributed by atoms with van der Waals surface area (Å²) in [6.45, 7) is 6.78. The van der Waals surface area contributed by atoms with Crippen LogP contribution in [0.4, 0.5) is 11.4 Å². The Hall–Kier alpha value is -3.38. The summed E-state index contributed by atoms with van der Waals surface area (Å²) in [6, 6.07) is 16.4. The molecule has 160 valence electrons. The van der Waals surface area contributed by atoms with Crippen LogP contribution in [0.25, 0.3) is 6.08 Å². The summed E-state index contributed by atoms with van der Waals surface area (Å²) < 4.78 is 0. The van der Waals surface area contributed by atoms with Gasteiger partial charge in [0, 0.05) is 37.4 Å². The van der Waals surface area contributed by atoms with Crippen LogP contribution in [0.2, 0.25) is 0 Å². The highest BCUT2D eigenvalue weighted by molar-refractivity contribution is 6.09. The molecule has 1 saturated heterocycles. The zero-order valence-electron chi connectivity index (χ0n) is 18.2. The van der Waals surface area contributed by atoms with Crippen molar-refractivity contribution in [3.63, 3.8) is 0 Å². The molecule has 6 nitrogen and oxygen atoms in total. The SMILES string of the molecule is Cc1[nH]cnc1CNc1cc(C(=N)/C=C/c2ccccc2)ccc1N1CCN(C)CC1. The molecule has 0 radical (unpaired) electrons. The maximum absolute atomic E-state index is 8.57. The lowest BCUT2D eigenvalue weighted by atomic mass is 10.1. The standard InChI is InChI=1S/C25H30N6/c1-19-24(29-18-28-19)17-27-23-16-21(22(26)10-8-20-6-4-3-5-7-20)9-11-25(23)31-14-12-30(2)13-15-31/h3-11,16,18,26-27H,12-15,17H2,1-2H3,(H,28,29)/b10-8+,26-22?. The van der Waals surface area contributed by atoms with Crippen molar-refractivity contribution in [2.75, 3.05) is 43.4 Å². The van der Waals surface area contributed by atoms with Gasteiger partial charge in [-0.25, -0.2) is 4.98 Å². The number of anilines is 2. The van der Waals surface area contributed by atoms with E-state index >= 15 is 0 Å². The number of nitrogens with one attached hydrogen (secondary N) is 3. The third-order valence-corrected chi connectivity index (χ3v) is 5.77. The van der Waals surface area contributed by atoms with Crippen molar-refractivity contribution >= 4 is 23.2 Å². The number of hydrogen-bond donors (Lipinski definition) is 3. The normalized spacial score (nSPS) is 14.8. The molecule has 31 heavy (non-hydrogen) atoms.